The van der Waals surface area contributed by atoms with E-state index in [2.05, 4.69) is 20.2 Å². The molecule has 0 atom stereocenters. The minimum absolute atomic E-state index is 0. The van der Waals surface area contributed by atoms with Crippen LogP contribution < -0.4 is 37.7 Å². The molecule has 0 spiro atoms. The Morgan fingerprint density at radius 3 is 1.31 bits per heavy atom. The van der Waals surface area contributed by atoms with E-state index in [1.807, 2.05) is 48.5 Å². The van der Waals surface area contributed by atoms with Crippen molar-refractivity contribution >= 4 is 74.7 Å². The quantitative estimate of drug-likeness (QED) is 0.147. The summed E-state index contributed by atoms with van der Waals surface area (Å²) < 4.78 is 74.3. The average molecular weight is 621 g/mol. The first-order chi connectivity index (χ1) is 19.1. The number of para-hydroxylation sites is 2. The van der Waals surface area contributed by atoms with Crippen LogP contribution in [0.25, 0.3) is 41.6 Å². The first-order valence-corrected chi connectivity index (χ1v) is 15.8. The smallest absolute Gasteiger partial charge is 0.744 e. The summed E-state index contributed by atoms with van der Waals surface area (Å²) in [5.74, 6) is 0. The summed E-state index contributed by atoms with van der Waals surface area (Å²) in [6.07, 6.45) is 0. The molecule has 0 aliphatic heterocycles. The van der Waals surface area contributed by atoms with E-state index < -0.39 is 30.0 Å². The second kappa shape index (κ2) is 12.5. The molecule has 0 aliphatic carbocycles. The number of benzene rings is 4. The molecule has 0 saturated carbocycles. The number of aromatic nitrogens is 2. The van der Waals surface area contributed by atoms with Crippen molar-refractivity contribution < 1.29 is 63.7 Å². The fraction of sp³-hybridized carbons (Fsp3) is 0. The summed E-state index contributed by atoms with van der Waals surface area (Å²) >= 11 is 2.65. The Bertz CT molecular complexity index is 1980. The Balaban J connectivity index is 0.00000202. The number of nitrogens with zero attached hydrogens (tertiary/aromatic N) is 4. The van der Waals surface area contributed by atoms with Crippen LogP contribution in [-0.4, -0.2) is 35.9 Å². The molecule has 42 heavy (non-hydrogen) atoms. The molecule has 6 rings (SSSR count). The summed E-state index contributed by atoms with van der Waals surface area (Å²) in [6.45, 7) is 0. The first kappa shape index (κ1) is 32.2. The van der Waals surface area contributed by atoms with E-state index in [9.17, 15) is 25.9 Å². The maximum absolute atomic E-state index is 12.1. The van der Waals surface area contributed by atoms with Crippen LogP contribution in [0.4, 0.5) is 11.4 Å². The summed E-state index contributed by atoms with van der Waals surface area (Å²) in [5.41, 5.74) is 1.58. The van der Waals surface area contributed by atoms with E-state index in [0.29, 0.717) is 21.1 Å². The minimum atomic E-state index is -5.01. The first-order valence-electron chi connectivity index (χ1n) is 11.4. The standard InChI is InChI=1S/C26H16N4O6S4.2Li/c31-39(32,33)23-13-15(25-27-17-5-1-3-7-21(17)37-25)9-11-19(23)29-30-20-12-10-16(14-24(20)40(34,35)36)26-28-18-6-2-4-8-22(18)38-26;;/h1-14H,(H,31,32,33)(H,34,35,36);;/q;2*+1/p-2. The van der Waals surface area contributed by atoms with Crippen molar-refractivity contribution in [2.75, 3.05) is 0 Å². The van der Waals surface area contributed by atoms with Crippen LogP contribution in [0.1, 0.15) is 0 Å². The molecular formula is C26H14Li2N4O6S4. The zero-order chi connectivity index (χ0) is 28.1. The summed E-state index contributed by atoms with van der Waals surface area (Å²) in [5, 5.41) is 8.69. The number of rotatable bonds is 6. The molecule has 16 heteroatoms. The second-order valence-corrected chi connectivity index (χ2v) is 13.2. The van der Waals surface area contributed by atoms with Gasteiger partial charge in [0.15, 0.2) is 0 Å². The van der Waals surface area contributed by atoms with Gasteiger partial charge in [-0.2, -0.15) is 0 Å². The number of thiazole rings is 2. The molecule has 2 aromatic heterocycles. The molecule has 0 fully saturated rings. The van der Waals surface area contributed by atoms with Crippen molar-refractivity contribution in [3.8, 4) is 21.1 Å². The number of hydrogen-bond acceptors (Lipinski definition) is 12. The van der Waals surface area contributed by atoms with Crippen molar-refractivity contribution in [1.29, 1.82) is 0 Å². The van der Waals surface area contributed by atoms with Crippen LogP contribution in [0.3, 0.4) is 0 Å². The van der Waals surface area contributed by atoms with Crippen molar-refractivity contribution in [1.82, 2.24) is 9.97 Å². The number of azo groups is 1. The Labute approximate surface area is 272 Å². The minimum Gasteiger partial charge on any atom is -0.744 e. The van der Waals surface area contributed by atoms with Gasteiger partial charge in [0, 0.05) is 11.1 Å². The van der Waals surface area contributed by atoms with Gasteiger partial charge >= 0.3 is 37.7 Å². The van der Waals surface area contributed by atoms with E-state index in [-0.39, 0.29) is 49.1 Å². The van der Waals surface area contributed by atoms with Crippen molar-refractivity contribution in [2.45, 2.75) is 9.79 Å². The average Bonchev–Trinajstić information content (AvgIpc) is 3.55. The Morgan fingerprint density at radius 1 is 0.571 bits per heavy atom. The van der Waals surface area contributed by atoms with Gasteiger partial charge in [0.05, 0.1) is 30.2 Å². The third-order valence-corrected chi connectivity index (χ3v) is 9.71. The van der Waals surface area contributed by atoms with Gasteiger partial charge in [-0.05, 0) is 60.7 Å². The van der Waals surface area contributed by atoms with Crippen LogP contribution in [0.2, 0.25) is 0 Å². The molecule has 10 nitrogen and oxygen atoms in total. The summed E-state index contributed by atoms with van der Waals surface area (Å²) in [4.78, 5) is 7.63. The van der Waals surface area contributed by atoms with Gasteiger partial charge in [0.25, 0.3) is 0 Å². The predicted octanol–water partition coefficient (Wildman–Crippen LogP) is 0.472. The molecule has 0 bridgehead atoms. The molecule has 2 heterocycles. The molecule has 4 aromatic carbocycles. The van der Waals surface area contributed by atoms with Gasteiger partial charge in [-0.3, -0.25) is 0 Å². The monoisotopic (exact) mass is 620 g/mol. The zero-order valence-corrected chi connectivity index (χ0v) is 25.2. The molecule has 200 valence electrons. The number of fused-ring (bicyclic) bond motifs is 2. The van der Waals surface area contributed by atoms with Gasteiger partial charge in [0.2, 0.25) is 0 Å². The Morgan fingerprint density at radius 2 is 0.952 bits per heavy atom. The maximum atomic E-state index is 12.1. The third kappa shape index (κ3) is 6.59. The molecule has 0 N–H and O–H groups in total. The molecule has 0 saturated heterocycles. The van der Waals surface area contributed by atoms with Gasteiger partial charge in [0.1, 0.15) is 41.6 Å². The van der Waals surface area contributed by atoms with E-state index in [1.165, 1.54) is 46.9 Å². The second-order valence-electron chi connectivity index (χ2n) is 8.45. The predicted molar refractivity (Wildman–Crippen MR) is 150 cm³/mol. The van der Waals surface area contributed by atoms with Crippen molar-refractivity contribution in [2.24, 2.45) is 10.2 Å². The molecule has 0 aliphatic rings. The van der Waals surface area contributed by atoms with Crippen LogP contribution in [0, 0.1) is 0 Å². The SMILES string of the molecule is O=S(=O)([O-])c1cc(-c2nc3ccccc3s2)ccc1N=Nc1ccc(-c2nc3ccccc3s2)cc1S(=O)(=O)[O-].[Li+].[Li+]. The van der Waals surface area contributed by atoms with Crippen LogP contribution >= 0.6 is 22.7 Å². The van der Waals surface area contributed by atoms with Crippen molar-refractivity contribution in [3.05, 3.63) is 84.9 Å². The number of hydrogen-bond donors (Lipinski definition) is 0. The summed E-state index contributed by atoms with van der Waals surface area (Å²) in [7, 11) is -10.0. The van der Waals surface area contributed by atoms with E-state index >= 15 is 0 Å². The zero-order valence-electron chi connectivity index (χ0n) is 22.0. The van der Waals surface area contributed by atoms with Gasteiger partial charge < -0.3 is 9.11 Å². The maximum Gasteiger partial charge on any atom is 1.00 e. The van der Waals surface area contributed by atoms with Gasteiger partial charge in [-0.15, -0.1) is 32.9 Å². The normalized spacial score (nSPS) is 12.0. The fourth-order valence-electron chi connectivity index (χ4n) is 3.96. The fourth-order valence-corrected chi connectivity index (χ4v) is 7.16. The van der Waals surface area contributed by atoms with Crippen LogP contribution in [0.5, 0.6) is 0 Å². The van der Waals surface area contributed by atoms with E-state index in [0.717, 1.165) is 32.6 Å². The molecule has 0 unspecified atom stereocenters. The summed E-state index contributed by atoms with van der Waals surface area (Å²) in [6, 6.07) is 22.6. The molecule has 6 aromatic rings. The van der Waals surface area contributed by atoms with Crippen LogP contribution in [0.15, 0.2) is 105 Å². The van der Waals surface area contributed by atoms with Gasteiger partial charge in [-0.1, -0.05) is 24.3 Å². The third-order valence-electron chi connectivity index (χ3n) is 5.81. The molecule has 0 radical (unpaired) electrons. The van der Waals surface area contributed by atoms with Crippen molar-refractivity contribution in [3.63, 3.8) is 0 Å². The van der Waals surface area contributed by atoms with Crippen LogP contribution in [-0.2, 0) is 20.2 Å². The van der Waals surface area contributed by atoms with Gasteiger partial charge in [-0.25, -0.2) is 26.8 Å². The Kier molecular flexibility index (Phi) is 9.57. The Hall–Kier alpha value is -2.73. The largest absolute Gasteiger partial charge is 1.00 e. The van der Waals surface area contributed by atoms with E-state index in [1.54, 1.807) is 0 Å². The molecule has 0 amide bonds. The topological polar surface area (TPSA) is 165 Å². The van der Waals surface area contributed by atoms with E-state index in [4.69, 9.17) is 0 Å². The molecular weight excluding hydrogens is 606 g/mol.